The number of hydrogen-bond donors (Lipinski definition) is 2. The van der Waals surface area contributed by atoms with Crippen molar-refractivity contribution >= 4 is 34.0 Å². The van der Waals surface area contributed by atoms with Gasteiger partial charge in [-0.25, -0.2) is 0 Å². The molecule has 17 heavy (non-hydrogen) atoms. The van der Waals surface area contributed by atoms with Gasteiger partial charge in [-0.2, -0.15) is 0 Å². The average Bonchev–Trinajstić information content (AvgIpc) is 2.27. The molecule has 0 radical (unpaired) electrons. The van der Waals surface area contributed by atoms with E-state index in [1.807, 2.05) is 29.5 Å². The van der Waals surface area contributed by atoms with Crippen molar-refractivity contribution in [2.75, 3.05) is 11.9 Å². The molecular formula is C11H15IN2O3. The molecule has 1 atom stereocenters. The maximum Gasteiger partial charge on any atom is 0.293 e. The average molecular weight is 350 g/mol. The van der Waals surface area contributed by atoms with Crippen LogP contribution in [0.4, 0.5) is 11.4 Å². The summed E-state index contributed by atoms with van der Waals surface area (Å²) >= 11 is 2.03. The predicted octanol–water partition coefficient (Wildman–Crippen LogP) is 2.77. The van der Waals surface area contributed by atoms with Crippen LogP contribution in [0.15, 0.2) is 18.2 Å². The number of nitrogens with zero attached hydrogens (tertiary/aromatic N) is 1. The van der Waals surface area contributed by atoms with Crippen molar-refractivity contribution in [1.82, 2.24) is 0 Å². The molecule has 0 amide bonds. The second kappa shape index (κ2) is 5.63. The van der Waals surface area contributed by atoms with Crippen LogP contribution >= 0.6 is 22.6 Å². The number of aliphatic hydroxyl groups is 1. The summed E-state index contributed by atoms with van der Waals surface area (Å²) in [6, 6.07) is 4.95. The second-order valence-electron chi connectivity index (χ2n) is 4.12. The largest absolute Gasteiger partial charge is 0.388 e. The van der Waals surface area contributed by atoms with E-state index < -0.39 is 10.5 Å². The first-order valence-electron chi connectivity index (χ1n) is 5.26. The summed E-state index contributed by atoms with van der Waals surface area (Å²) in [5, 5.41) is 23.6. The molecule has 0 aliphatic rings. The van der Waals surface area contributed by atoms with Crippen LogP contribution in [0.25, 0.3) is 0 Å². The molecule has 94 valence electrons. The second-order valence-corrected chi connectivity index (χ2v) is 5.37. The molecule has 0 aliphatic carbocycles. The number of nitrogens with one attached hydrogen (secondary N) is 1. The molecule has 0 aliphatic heterocycles. The Kier molecular flexibility index (Phi) is 4.70. The number of nitro groups is 1. The van der Waals surface area contributed by atoms with E-state index in [1.54, 1.807) is 19.1 Å². The maximum absolute atomic E-state index is 10.9. The highest BCUT2D eigenvalue weighted by atomic mass is 127. The third kappa shape index (κ3) is 4.12. The molecule has 0 saturated heterocycles. The molecule has 0 heterocycles. The van der Waals surface area contributed by atoms with E-state index in [4.69, 9.17) is 0 Å². The normalized spacial score (nSPS) is 14.1. The SMILES string of the molecule is CCC(C)(O)CNc1ccc(I)cc1[N+](=O)[O-]. The predicted molar refractivity (Wildman–Crippen MR) is 75.2 cm³/mol. The van der Waals surface area contributed by atoms with E-state index in [9.17, 15) is 15.2 Å². The highest BCUT2D eigenvalue weighted by molar-refractivity contribution is 14.1. The summed E-state index contributed by atoms with van der Waals surface area (Å²) in [5.41, 5.74) is -0.399. The Bertz CT molecular complexity index is 421. The van der Waals surface area contributed by atoms with Gasteiger partial charge in [0.05, 0.1) is 10.5 Å². The van der Waals surface area contributed by atoms with Crippen molar-refractivity contribution in [2.24, 2.45) is 0 Å². The van der Waals surface area contributed by atoms with Crippen LogP contribution in [-0.2, 0) is 0 Å². The van der Waals surface area contributed by atoms with Crippen LogP contribution < -0.4 is 5.32 Å². The molecule has 0 fully saturated rings. The van der Waals surface area contributed by atoms with Gasteiger partial charge in [0.2, 0.25) is 0 Å². The molecule has 0 saturated carbocycles. The van der Waals surface area contributed by atoms with Gasteiger partial charge in [-0.1, -0.05) is 6.92 Å². The standard InChI is InChI=1S/C11H15IN2O3/c1-3-11(2,15)7-13-9-5-4-8(12)6-10(9)14(16)17/h4-6,13,15H,3,7H2,1-2H3. The van der Waals surface area contributed by atoms with Crippen LogP contribution in [0.3, 0.4) is 0 Å². The minimum atomic E-state index is -0.864. The van der Waals surface area contributed by atoms with Gasteiger partial charge in [-0.15, -0.1) is 0 Å². The van der Waals surface area contributed by atoms with Crippen LogP contribution in [0, 0.1) is 13.7 Å². The summed E-state index contributed by atoms with van der Waals surface area (Å²) in [5.74, 6) is 0. The molecule has 6 heteroatoms. The van der Waals surface area contributed by atoms with Crippen molar-refractivity contribution in [2.45, 2.75) is 25.9 Å². The van der Waals surface area contributed by atoms with Gasteiger partial charge in [-0.3, -0.25) is 10.1 Å². The van der Waals surface area contributed by atoms with Crippen LogP contribution in [0.1, 0.15) is 20.3 Å². The number of anilines is 1. The molecule has 0 bridgehead atoms. The van der Waals surface area contributed by atoms with E-state index in [1.165, 1.54) is 6.07 Å². The fourth-order valence-electron chi connectivity index (χ4n) is 1.22. The van der Waals surface area contributed by atoms with Gasteiger partial charge in [-0.05, 0) is 48.1 Å². The quantitative estimate of drug-likeness (QED) is 0.487. The molecule has 1 unspecified atom stereocenters. The van der Waals surface area contributed by atoms with Gasteiger partial charge in [0.15, 0.2) is 0 Å². The van der Waals surface area contributed by atoms with Gasteiger partial charge >= 0.3 is 0 Å². The minimum absolute atomic E-state index is 0.0313. The van der Waals surface area contributed by atoms with Crippen LogP contribution in [0.2, 0.25) is 0 Å². The molecule has 2 N–H and O–H groups in total. The third-order valence-corrected chi connectivity index (χ3v) is 3.25. The first-order chi connectivity index (χ1) is 7.85. The van der Waals surface area contributed by atoms with Crippen molar-refractivity contribution in [1.29, 1.82) is 0 Å². The van der Waals surface area contributed by atoms with Crippen LogP contribution in [0.5, 0.6) is 0 Å². The molecule has 5 nitrogen and oxygen atoms in total. The monoisotopic (exact) mass is 350 g/mol. The summed E-state index contributed by atoms with van der Waals surface area (Å²) < 4.78 is 0.808. The lowest BCUT2D eigenvalue weighted by Gasteiger charge is -2.22. The Morgan fingerprint density at radius 3 is 2.76 bits per heavy atom. The maximum atomic E-state index is 10.9. The number of nitro benzene ring substituents is 1. The van der Waals surface area contributed by atoms with Crippen molar-refractivity contribution in [3.05, 3.63) is 31.9 Å². The minimum Gasteiger partial charge on any atom is -0.388 e. The molecule has 0 aromatic heterocycles. The number of benzene rings is 1. The Balaban J connectivity index is 2.88. The highest BCUT2D eigenvalue weighted by Gasteiger charge is 2.20. The lowest BCUT2D eigenvalue weighted by molar-refractivity contribution is -0.384. The van der Waals surface area contributed by atoms with Gasteiger partial charge in [0.1, 0.15) is 5.69 Å². The van der Waals surface area contributed by atoms with Crippen LogP contribution in [-0.4, -0.2) is 22.2 Å². The topological polar surface area (TPSA) is 75.4 Å². The number of hydrogen-bond acceptors (Lipinski definition) is 4. The van der Waals surface area contributed by atoms with Gasteiger partial charge in [0, 0.05) is 16.2 Å². The molecule has 1 rings (SSSR count). The van der Waals surface area contributed by atoms with Crippen molar-refractivity contribution in [3.63, 3.8) is 0 Å². The summed E-state index contributed by atoms with van der Waals surface area (Å²) in [4.78, 5) is 10.4. The zero-order valence-corrected chi connectivity index (χ0v) is 11.9. The molecule has 1 aromatic carbocycles. The Labute approximate surface area is 114 Å². The summed E-state index contributed by atoms with van der Waals surface area (Å²) in [6.07, 6.45) is 0.582. The van der Waals surface area contributed by atoms with E-state index in [2.05, 4.69) is 5.32 Å². The molecule has 1 aromatic rings. The molecule has 0 spiro atoms. The lowest BCUT2D eigenvalue weighted by Crippen LogP contribution is -2.32. The fourth-order valence-corrected chi connectivity index (χ4v) is 1.69. The van der Waals surface area contributed by atoms with E-state index >= 15 is 0 Å². The van der Waals surface area contributed by atoms with E-state index in [-0.39, 0.29) is 12.2 Å². The zero-order valence-electron chi connectivity index (χ0n) is 9.74. The summed E-state index contributed by atoms with van der Waals surface area (Å²) in [7, 11) is 0. The number of rotatable bonds is 5. The number of halogens is 1. The first kappa shape index (κ1) is 14.2. The van der Waals surface area contributed by atoms with Crippen molar-refractivity contribution in [3.8, 4) is 0 Å². The lowest BCUT2D eigenvalue weighted by atomic mass is 10.0. The summed E-state index contributed by atoms with van der Waals surface area (Å²) in [6.45, 7) is 3.84. The van der Waals surface area contributed by atoms with Gasteiger partial charge in [0.25, 0.3) is 5.69 Å². The first-order valence-corrected chi connectivity index (χ1v) is 6.34. The van der Waals surface area contributed by atoms with E-state index in [0.29, 0.717) is 12.1 Å². The Hall–Kier alpha value is -0.890. The van der Waals surface area contributed by atoms with E-state index in [0.717, 1.165) is 3.57 Å². The van der Waals surface area contributed by atoms with Gasteiger partial charge < -0.3 is 10.4 Å². The Morgan fingerprint density at radius 1 is 1.59 bits per heavy atom. The van der Waals surface area contributed by atoms with Crippen molar-refractivity contribution < 1.29 is 10.0 Å². The zero-order chi connectivity index (χ0) is 13.1. The fraction of sp³-hybridized carbons (Fsp3) is 0.455. The molecular weight excluding hydrogens is 335 g/mol. The third-order valence-electron chi connectivity index (χ3n) is 2.58. The Morgan fingerprint density at radius 2 is 2.24 bits per heavy atom. The smallest absolute Gasteiger partial charge is 0.293 e. The highest BCUT2D eigenvalue weighted by Crippen LogP contribution is 2.26.